The van der Waals surface area contributed by atoms with E-state index in [0.29, 0.717) is 19.5 Å². The number of carbonyl (C=O) groups is 1. The van der Waals surface area contributed by atoms with Crippen molar-refractivity contribution in [1.82, 2.24) is 10.0 Å². The Kier molecular flexibility index (Phi) is 3.22. The highest BCUT2D eigenvalue weighted by atomic mass is 16.2. The highest BCUT2D eigenvalue weighted by molar-refractivity contribution is 5.78. The maximum absolute atomic E-state index is 11.8. The van der Waals surface area contributed by atoms with Crippen molar-refractivity contribution in [3.8, 4) is 0 Å². The normalized spacial score (nSPS) is 21.8. The van der Waals surface area contributed by atoms with E-state index in [0.717, 1.165) is 0 Å². The first-order valence-corrected chi connectivity index (χ1v) is 5.52. The van der Waals surface area contributed by atoms with Gasteiger partial charge in [-0.15, -0.1) is 0 Å². The number of hydrogen-bond acceptors (Lipinski definition) is 3. The van der Waals surface area contributed by atoms with E-state index in [1.807, 2.05) is 30.3 Å². The molecule has 0 radical (unpaired) electrons. The van der Waals surface area contributed by atoms with Gasteiger partial charge in [0, 0.05) is 26.6 Å². The molecular weight excluding hydrogens is 202 g/mol. The molecule has 1 aromatic carbocycles. The van der Waals surface area contributed by atoms with Gasteiger partial charge in [-0.1, -0.05) is 30.3 Å². The maximum Gasteiger partial charge on any atom is 0.238 e. The second kappa shape index (κ2) is 4.63. The summed E-state index contributed by atoms with van der Waals surface area (Å²) in [7, 11) is 1.94. The zero-order chi connectivity index (χ0) is 11.5. The Morgan fingerprint density at radius 1 is 1.38 bits per heavy atom. The summed E-state index contributed by atoms with van der Waals surface area (Å²) in [6.07, 6.45) is 0.542. The van der Waals surface area contributed by atoms with Crippen LogP contribution in [-0.2, 0) is 4.79 Å². The van der Waals surface area contributed by atoms with Crippen molar-refractivity contribution in [2.24, 2.45) is 5.73 Å². The van der Waals surface area contributed by atoms with E-state index in [9.17, 15) is 4.79 Å². The van der Waals surface area contributed by atoms with E-state index >= 15 is 0 Å². The molecule has 0 aliphatic carbocycles. The van der Waals surface area contributed by atoms with Crippen molar-refractivity contribution in [2.45, 2.75) is 12.5 Å². The molecule has 4 nitrogen and oxygen atoms in total. The lowest BCUT2D eigenvalue weighted by molar-refractivity contribution is -0.136. The van der Waals surface area contributed by atoms with E-state index in [4.69, 9.17) is 5.73 Å². The van der Waals surface area contributed by atoms with Crippen LogP contribution in [0.2, 0.25) is 0 Å². The highest BCUT2D eigenvalue weighted by Gasteiger charge is 2.35. The molecule has 1 unspecified atom stereocenters. The summed E-state index contributed by atoms with van der Waals surface area (Å²) in [4.78, 5) is 11.8. The number of nitrogens with zero attached hydrogens (tertiary/aromatic N) is 2. The third-order valence-corrected chi connectivity index (χ3v) is 3.01. The van der Waals surface area contributed by atoms with Crippen molar-refractivity contribution in [3.05, 3.63) is 35.9 Å². The van der Waals surface area contributed by atoms with E-state index < -0.39 is 0 Å². The Morgan fingerprint density at radius 2 is 2.06 bits per heavy atom. The van der Waals surface area contributed by atoms with Crippen LogP contribution in [0.25, 0.3) is 0 Å². The molecule has 86 valence electrons. The second-order valence-corrected chi connectivity index (χ2v) is 4.01. The largest absolute Gasteiger partial charge is 0.329 e. The lowest BCUT2D eigenvalue weighted by atomic mass is 10.1. The highest BCUT2D eigenvalue weighted by Crippen LogP contribution is 2.30. The van der Waals surface area contributed by atoms with Crippen LogP contribution in [0.3, 0.4) is 0 Å². The number of carbonyl (C=O) groups excluding carboxylic acids is 1. The zero-order valence-corrected chi connectivity index (χ0v) is 9.47. The first kappa shape index (κ1) is 11.1. The molecule has 1 heterocycles. The van der Waals surface area contributed by atoms with Crippen LogP contribution in [0.5, 0.6) is 0 Å². The van der Waals surface area contributed by atoms with Gasteiger partial charge in [0.15, 0.2) is 0 Å². The summed E-state index contributed by atoms with van der Waals surface area (Å²) in [5.41, 5.74) is 6.67. The third kappa shape index (κ3) is 1.94. The van der Waals surface area contributed by atoms with Gasteiger partial charge in [0.2, 0.25) is 5.91 Å². The monoisotopic (exact) mass is 219 g/mol. The maximum atomic E-state index is 11.8. The Morgan fingerprint density at radius 3 is 2.69 bits per heavy atom. The SMILES string of the molecule is CN1C(c2ccccc2)CC(=O)N1CCN. The van der Waals surface area contributed by atoms with Gasteiger partial charge in [-0.05, 0) is 5.56 Å². The van der Waals surface area contributed by atoms with Crippen LogP contribution in [0, 0.1) is 0 Å². The van der Waals surface area contributed by atoms with Crippen molar-refractivity contribution in [2.75, 3.05) is 20.1 Å². The van der Waals surface area contributed by atoms with E-state index in [1.54, 1.807) is 5.01 Å². The molecule has 1 saturated heterocycles. The molecule has 1 atom stereocenters. The van der Waals surface area contributed by atoms with Gasteiger partial charge in [0.25, 0.3) is 0 Å². The standard InChI is InChI=1S/C12H17N3O/c1-14-11(10-5-3-2-4-6-10)9-12(16)15(14)8-7-13/h2-6,11H,7-9,13H2,1H3. The first-order valence-electron chi connectivity index (χ1n) is 5.52. The molecule has 2 N–H and O–H groups in total. The summed E-state index contributed by atoms with van der Waals surface area (Å²) in [6, 6.07) is 10.2. The van der Waals surface area contributed by atoms with Gasteiger partial charge in [0.1, 0.15) is 0 Å². The van der Waals surface area contributed by atoms with Gasteiger partial charge < -0.3 is 5.73 Å². The van der Waals surface area contributed by atoms with Crippen LogP contribution in [0.1, 0.15) is 18.0 Å². The predicted octanol–water partition coefficient (Wildman–Crippen LogP) is 0.766. The van der Waals surface area contributed by atoms with Gasteiger partial charge in [-0.3, -0.25) is 9.80 Å². The number of hydrogen-bond donors (Lipinski definition) is 1. The average Bonchev–Trinajstić information content (AvgIpc) is 2.59. The lowest BCUT2D eigenvalue weighted by Gasteiger charge is -2.27. The zero-order valence-electron chi connectivity index (χ0n) is 9.47. The minimum Gasteiger partial charge on any atom is -0.329 e. The molecule has 16 heavy (non-hydrogen) atoms. The number of amides is 1. The Labute approximate surface area is 95.6 Å². The summed E-state index contributed by atoms with van der Waals surface area (Å²) in [5, 5.41) is 3.72. The summed E-state index contributed by atoms with van der Waals surface area (Å²) in [6.45, 7) is 1.09. The molecule has 0 saturated carbocycles. The molecule has 1 aromatic rings. The molecular formula is C12H17N3O. The molecule has 0 aromatic heterocycles. The first-order chi connectivity index (χ1) is 7.74. The summed E-state index contributed by atoms with van der Waals surface area (Å²) < 4.78 is 0. The Balaban J connectivity index is 2.17. The van der Waals surface area contributed by atoms with E-state index in [2.05, 4.69) is 12.1 Å². The molecule has 1 aliphatic heterocycles. The Bertz CT molecular complexity index is 366. The van der Waals surface area contributed by atoms with Gasteiger partial charge in [0.05, 0.1) is 6.04 Å². The summed E-state index contributed by atoms with van der Waals surface area (Å²) in [5.74, 6) is 0.154. The number of hydrazine groups is 1. The average molecular weight is 219 g/mol. The molecule has 1 amide bonds. The molecule has 1 fully saturated rings. The fraction of sp³-hybridized carbons (Fsp3) is 0.417. The van der Waals surface area contributed by atoms with Gasteiger partial charge >= 0.3 is 0 Å². The van der Waals surface area contributed by atoms with Crippen molar-refractivity contribution in [3.63, 3.8) is 0 Å². The molecule has 2 rings (SSSR count). The van der Waals surface area contributed by atoms with Crippen LogP contribution >= 0.6 is 0 Å². The molecule has 1 aliphatic rings. The van der Waals surface area contributed by atoms with Crippen LogP contribution in [0.4, 0.5) is 0 Å². The lowest BCUT2D eigenvalue weighted by Crippen LogP contribution is -2.40. The van der Waals surface area contributed by atoms with Gasteiger partial charge in [-0.25, -0.2) is 5.01 Å². The van der Waals surface area contributed by atoms with Crippen molar-refractivity contribution >= 4 is 5.91 Å². The van der Waals surface area contributed by atoms with Crippen molar-refractivity contribution in [1.29, 1.82) is 0 Å². The smallest absolute Gasteiger partial charge is 0.238 e. The topological polar surface area (TPSA) is 49.6 Å². The van der Waals surface area contributed by atoms with Crippen molar-refractivity contribution < 1.29 is 4.79 Å². The fourth-order valence-electron chi connectivity index (χ4n) is 2.16. The van der Waals surface area contributed by atoms with E-state index in [-0.39, 0.29) is 11.9 Å². The predicted molar refractivity (Wildman–Crippen MR) is 62.3 cm³/mol. The number of benzene rings is 1. The van der Waals surface area contributed by atoms with Crippen LogP contribution in [0.15, 0.2) is 30.3 Å². The number of rotatable bonds is 3. The second-order valence-electron chi connectivity index (χ2n) is 4.01. The van der Waals surface area contributed by atoms with Gasteiger partial charge in [-0.2, -0.15) is 0 Å². The fourth-order valence-corrected chi connectivity index (χ4v) is 2.16. The Hall–Kier alpha value is -1.39. The molecule has 4 heteroatoms. The third-order valence-electron chi connectivity index (χ3n) is 3.01. The van der Waals surface area contributed by atoms with E-state index in [1.165, 1.54) is 5.56 Å². The molecule has 0 spiro atoms. The van der Waals surface area contributed by atoms with Crippen LogP contribution < -0.4 is 5.73 Å². The quantitative estimate of drug-likeness (QED) is 0.816. The number of nitrogens with two attached hydrogens (primary N) is 1. The molecule has 0 bridgehead atoms. The summed E-state index contributed by atoms with van der Waals surface area (Å²) >= 11 is 0. The minimum atomic E-state index is 0.153. The van der Waals surface area contributed by atoms with Crippen LogP contribution in [-0.4, -0.2) is 36.1 Å². The minimum absolute atomic E-state index is 0.153.